The van der Waals surface area contributed by atoms with E-state index in [1.165, 1.54) is 57.8 Å². The molecule has 0 spiro atoms. The lowest BCUT2D eigenvalue weighted by Gasteiger charge is -2.16. The van der Waals surface area contributed by atoms with Gasteiger partial charge in [0.05, 0.1) is 5.76 Å². The maximum Gasteiger partial charge on any atom is 0.0888 e. The quantitative estimate of drug-likeness (QED) is 0.693. The smallest absolute Gasteiger partial charge is 0.0888 e. The fourth-order valence-corrected chi connectivity index (χ4v) is 4.64. The SMILES string of the molecule is OC(=CC1CCC2CCCC12)CC1CCCC1. The summed E-state index contributed by atoms with van der Waals surface area (Å²) in [6, 6.07) is 0. The van der Waals surface area contributed by atoms with Gasteiger partial charge >= 0.3 is 0 Å². The molecule has 0 heterocycles. The first kappa shape index (κ1) is 11.6. The van der Waals surface area contributed by atoms with Crippen LogP contribution in [-0.4, -0.2) is 5.11 Å². The number of fused-ring (bicyclic) bond motifs is 1. The number of hydrogen-bond donors (Lipinski definition) is 1. The van der Waals surface area contributed by atoms with Crippen molar-refractivity contribution < 1.29 is 5.11 Å². The van der Waals surface area contributed by atoms with E-state index in [2.05, 4.69) is 6.08 Å². The highest BCUT2D eigenvalue weighted by atomic mass is 16.3. The number of aliphatic hydroxyl groups is 1. The van der Waals surface area contributed by atoms with Crippen molar-refractivity contribution in [3.8, 4) is 0 Å². The second-order valence-corrected chi connectivity index (χ2v) is 6.61. The molecule has 0 aromatic heterocycles. The molecule has 0 aromatic rings. The Morgan fingerprint density at radius 1 is 0.941 bits per heavy atom. The summed E-state index contributed by atoms with van der Waals surface area (Å²) in [5, 5.41) is 10.2. The average molecular weight is 234 g/mol. The van der Waals surface area contributed by atoms with Crippen LogP contribution in [0.1, 0.15) is 64.2 Å². The Bertz CT molecular complexity index is 288. The third kappa shape index (κ3) is 2.53. The molecule has 3 saturated carbocycles. The molecule has 3 unspecified atom stereocenters. The molecule has 3 fully saturated rings. The van der Waals surface area contributed by atoms with Gasteiger partial charge in [-0.1, -0.05) is 38.5 Å². The Kier molecular flexibility index (Phi) is 3.44. The van der Waals surface area contributed by atoms with E-state index in [-0.39, 0.29) is 0 Å². The van der Waals surface area contributed by atoms with Crippen LogP contribution in [0.5, 0.6) is 0 Å². The van der Waals surface area contributed by atoms with E-state index in [9.17, 15) is 5.11 Å². The van der Waals surface area contributed by atoms with Gasteiger partial charge in [0.25, 0.3) is 0 Å². The first-order chi connectivity index (χ1) is 8.33. The van der Waals surface area contributed by atoms with Crippen molar-refractivity contribution in [1.82, 2.24) is 0 Å². The summed E-state index contributed by atoms with van der Waals surface area (Å²) >= 11 is 0. The van der Waals surface area contributed by atoms with Crippen molar-refractivity contribution in [1.29, 1.82) is 0 Å². The van der Waals surface area contributed by atoms with Gasteiger partial charge < -0.3 is 5.11 Å². The molecule has 0 amide bonds. The summed E-state index contributed by atoms with van der Waals surface area (Å²) < 4.78 is 0. The van der Waals surface area contributed by atoms with Crippen LogP contribution in [0.2, 0.25) is 0 Å². The van der Waals surface area contributed by atoms with Crippen LogP contribution in [0, 0.1) is 23.7 Å². The van der Waals surface area contributed by atoms with Gasteiger partial charge in [-0.05, 0) is 49.0 Å². The molecule has 0 saturated heterocycles. The molecule has 96 valence electrons. The molecule has 3 rings (SSSR count). The van der Waals surface area contributed by atoms with Crippen LogP contribution in [0.3, 0.4) is 0 Å². The fraction of sp³-hybridized carbons (Fsp3) is 0.875. The van der Waals surface area contributed by atoms with Crippen molar-refractivity contribution in [3.05, 3.63) is 11.8 Å². The van der Waals surface area contributed by atoms with Gasteiger partial charge in [0.2, 0.25) is 0 Å². The lowest BCUT2D eigenvalue weighted by Crippen LogP contribution is -2.08. The van der Waals surface area contributed by atoms with Crippen molar-refractivity contribution in [2.45, 2.75) is 64.2 Å². The Labute approximate surface area is 105 Å². The molecule has 0 aliphatic heterocycles. The Morgan fingerprint density at radius 2 is 1.76 bits per heavy atom. The van der Waals surface area contributed by atoms with E-state index in [4.69, 9.17) is 0 Å². The molecule has 0 radical (unpaired) electrons. The van der Waals surface area contributed by atoms with Gasteiger partial charge in [-0.25, -0.2) is 0 Å². The van der Waals surface area contributed by atoms with E-state index >= 15 is 0 Å². The molecule has 1 heteroatoms. The second kappa shape index (κ2) is 5.04. The first-order valence-electron chi connectivity index (χ1n) is 7.72. The third-order valence-electron chi connectivity index (χ3n) is 5.52. The summed E-state index contributed by atoms with van der Waals surface area (Å²) in [5.41, 5.74) is 0. The largest absolute Gasteiger partial charge is 0.513 e. The molecular weight excluding hydrogens is 208 g/mol. The van der Waals surface area contributed by atoms with Crippen molar-refractivity contribution >= 4 is 0 Å². The molecular formula is C16H26O. The van der Waals surface area contributed by atoms with Crippen LogP contribution in [-0.2, 0) is 0 Å². The molecule has 3 aliphatic carbocycles. The van der Waals surface area contributed by atoms with Gasteiger partial charge in [-0.15, -0.1) is 0 Å². The number of allylic oxidation sites excluding steroid dienone is 2. The first-order valence-corrected chi connectivity index (χ1v) is 7.72. The molecule has 1 N–H and O–H groups in total. The van der Waals surface area contributed by atoms with E-state index in [0.29, 0.717) is 5.92 Å². The van der Waals surface area contributed by atoms with Gasteiger partial charge in [0.1, 0.15) is 0 Å². The van der Waals surface area contributed by atoms with Gasteiger partial charge in [-0.3, -0.25) is 0 Å². The van der Waals surface area contributed by atoms with Crippen LogP contribution in [0.4, 0.5) is 0 Å². The lowest BCUT2D eigenvalue weighted by atomic mass is 9.90. The molecule has 0 bridgehead atoms. The minimum absolute atomic E-state index is 0.712. The highest BCUT2D eigenvalue weighted by Crippen LogP contribution is 2.48. The zero-order valence-electron chi connectivity index (χ0n) is 10.9. The van der Waals surface area contributed by atoms with Gasteiger partial charge in [0.15, 0.2) is 0 Å². The summed E-state index contributed by atoms with van der Waals surface area (Å²) in [5.74, 6) is 4.13. The second-order valence-electron chi connectivity index (χ2n) is 6.61. The average Bonchev–Trinajstić information content (AvgIpc) is 2.97. The van der Waals surface area contributed by atoms with Crippen molar-refractivity contribution in [2.24, 2.45) is 23.7 Å². The molecule has 0 aromatic carbocycles. The van der Waals surface area contributed by atoms with Crippen LogP contribution < -0.4 is 0 Å². The number of rotatable bonds is 3. The highest BCUT2D eigenvalue weighted by Gasteiger charge is 2.38. The monoisotopic (exact) mass is 234 g/mol. The third-order valence-corrected chi connectivity index (χ3v) is 5.52. The Morgan fingerprint density at radius 3 is 2.59 bits per heavy atom. The number of hydrogen-bond acceptors (Lipinski definition) is 1. The molecule has 17 heavy (non-hydrogen) atoms. The Hall–Kier alpha value is -0.460. The van der Waals surface area contributed by atoms with Crippen LogP contribution in [0.15, 0.2) is 11.8 Å². The maximum absolute atomic E-state index is 10.2. The topological polar surface area (TPSA) is 20.2 Å². The summed E-state index contributed by atoms with van der Waals surface area (Å²) in [7, 11) is 0. The summed E-state index contributed by atoms with van der Waals surface area (Å²) in [4.78, 5) is 0. The predicted octanol–water partition coefficient (Wildman–Crippen LogP) is 4.83. The normalized spacial score (nSPS) is 38.8. The zero-order valence-corrected chi connectivity index (χ0v) is 10.9. The van der Waals surface area contributed by atoms with Gasteiger partial charge in [-0.2, -0.15) is 0 Å². The van der Waals surface area contributed by atoms with Gasteiger partial charge in [0, 0.05) is 6.42 Å². The number of aliphatic hydroxyl groups excluding tert-OH is 1. The Balaban J connectivity index is 1.56. The van der Waals surface area contributed by atoms with Crippen LogP contribution >= 0.6 is 0 Å². The standard InChI is InChI=1S/C16H26O/c17-15(10-12-4-1-2-5-12)11-14-9-8-13-6-3-7-16(13)14/h11-14,16-17H,1-10H2. The van der Waals surface area contributed by atoms with Crippen molar-refractivity contribution in [2.75, 3.05) is 0 Å². The van der Waals surface area contributed by atoms with E-state index in [1.807, 2.05) is 0 Å². The van der Waals surface area contributed by atoms with E-state index in [0.717, 1.165) is 29.9 Å². The zero-order chi connectivity index (χ0) is 11.7. The van der Waals surface area contributed by atoms with E-state index in [1.54, 1.807) is 0 Å². The molecule has 1 nitrogen and oxygen atoms in total. The minimum Gasteiger partial charge on any atom is -0.513 e. The van der Waals surface area contributed by atoms with E-state index < -0.39 is 0 Å². The summed E-state index contributed by atoms with van der Waals surface area (Å²) in [6.07, 6.45) is 15.7. The summed E-state index contributed by atoms with van der Waals surface area (Å²) in [6.45, 7) is 0. The van der Waals surface area contributed by atoms with Crippen LogP contribution in [0.25, 0.3) is 0 Å². The molecule has 3 aliphatic rings. The fourth-order valence-electron chi connectivity index (χ4n) is 4.64. The van der Waals surface area contributed by atoms with Crippen molar-refractivity contribution in [3.63, 3.8) is 0 Å². The predicted molar refractivity (Wildman–Crippen MR) is 70.8 cm³/mol. The minimum atomic E-state index is 0.712. The maximum atomic E-state index is 10.2. The highest BCUT2D eigenvalue weighted by molar-refractivity contribution is 5.04. The lowest BCUT2D eigenvalue weighted by molar-refractivity contribution is 0.332. The molecule has 3 atom stereocenters.